The summed E-state index contributed by atoms with van der Waals surface area (Å²) in [5, 5.41) is 8.08. The molecule has 0 radical (unpaired) electrons. The summed E-state index contributed by atoms with van der Waals surface area (Å²) in [6, 6.07) is 3.13. The summed E-state index contributed by atoms with van der Waals surface area (Å²) in [7, 11) is 0. The normalized spacial score (nSPS) is 19.7. The van der Waals surface area contributed by atoms with Crippen molar-refractivity contribution in [1.82, 2.24) is 10.2 Å². The first-order valence-corrected chi connectivity index (χ1v) is 12.8. The third kappa shape index (κ3) is 3.67. The number of carbonyl (C=O) groups excluding carboxylic acids is 4. The largest absolute Gasteiger partial charge is 0.325 e. The number of ketones is 1. The van der Waals surface area contributed by atoms with Gasteiger partial charge in [0.15, 0.2) is 0 Å². The van der Waals surface area contributed by atoms with Crippen LogP contribution in [0.3, 0.4) is 0 Å². The van der Waals surface area contributed by atoms with Gasteiger partial charge in [0.05, 0.1) is 10.4 Å². The van der Waals surface area contributed by atoms with E-state index in [1.54, 1.807) is 6.07 Å². The lowest BCUT2D eigenvalue weighted by atomic mass is 9.82. The third-order valence-corrected chi connectivity index (χ3v) is 8.73. The van der Waals surface area contributed by atoms with Crippen LogP contribution in [-0.2, 0) is 22.4 Å². The number of thiophene rings is 2. The van der Waals surface area contributed by atoms with Gasteiger partial charge in [-0.2, -0.15) is 0 Å². The van der Waals surface area contributed by atoms with E-state index in [1.165, 1.54) is 22.7 Å². The van der Waals surface area contributed by atoms with Crippen LogP contribution in [0.4, 0.5) is 9.80 Å². The summed E-state index contributed by atoms with van der Waals surface area (Å²) >= 11 is 2.83. The van der Waals surface area contributed by atoms with E-state index in [4.69, 9.17) is 0 Å². The molecular weight excluding hydrogens is 446 g/mol. The number of nitrogens with zero attached hydrogens (tertiary/aromatic N) is 1. The molecule has 3 aliphatic rings. The van der Waals surface area contributed by atoms with E-state index < -0.39 is 17.5 Å². The lowest BCUT2D eigenvalue weighted by molar-refractivity contribution is -0.134. The molecule has 2 aromatic rings. The van der Waals surface area contributed by atoms with Crippen molar-refractivity contribution in [3.05, 3.63) is 38.4 Å². The van der Waals surface area contributed by atoms with Gasteiger partial charge in [0.25, 0.3) is 5.91 Å². The molecule has 1 saturated carbocycles. The molecule has 2 aliphatic carbocycles. The zero-order chi connectivity index (χ0) is 22.3. The Kier molecular flexibility index (Phi) is 5.63. The molecule has 0 atom stereocenters. The average molecular weight is 472 g/mol. The first-order chi connectivity index (χ1) is 15.5. The highest BCUT2D eigenvalue weighted by Crippen LogP contribution is 2.40. The van der Waals surface area contributed by atoms with E-state index in [1.807, 2.05) is 11.4 Å². The Morgan fingerprint density at radius 3 is 2.62 bits per heavy atom. The van der Waals surface area contributed by atoms with Crippen molar-refractivity contribution in [3.63, 3.8) is 0 Å². The van der Waals surface area contributed by atoms with Crippen LogP contribution < -0.4 is 10.6 Å². The number of rotatable bonds is 5. The van der Waals surface area contributed by atoms with Crippen LogP contribution in [0.15, 0.2) is 17.5 Å². The summed E-state index contributed by atoms with van der Waals surface area (Å²) in [5.41, 5.74) is 0.755. The van der Waals surface area contributed by atoms with Crippen molar-refractivity contribution in [2.75, 3.05) is 11.9 Å². The van der Waals surface area contributed by atoms with Crippen LogP contribution in [-0.4, -0.2) is 40.6 Å². The summed E-state index contributed by atoms with van der Waals surface area (Å²) in [6.07, 6.45) is 7.88. The smallest absolute Gasteiger partial charge is 0.323 e. The summed E-state index contributed by atoms with van der Waals surface area (Å²) < 4.78 is 0. The minimum atomic E-state index is -0.849. The number of hydrogen-bond donors (Lipinski definition) is 2. The molecule has 168 valence electrons. The number of hydrogen-bond acceptors (Lipinski definition) is 6. The Morgan fingerprint density at radius 2 is 1.88 bits per heavy atom. The number of nitrogens with one attached hydrogen (secondary N) is 2. The Hall–Kier alpha value is -2.52. The molecule has 1 aliphatic heterocycles. The van der Waals surface area contributed by atoms with Crippen molar-refractivity contribution in [2.45, 2.75) is 63.3 Å². The van der Waals surface area contributed by atoms with E-state index in [9.17, 15) is 19.2 Å². The van der Waals surface area contributed by atoms with Gasteiger partial charge in [0, 0.05) is 4.88 Å². The average Bonchev–Trinajstić information content (AvgIpc) is 3.49. The Balaban J connectivity index is 1.37. The highest BCUT2D eigenvalue weighted by atomic mass is 32.1. The zero-order valence-electron chi connectivity index (χ0n) is 17.7. The minimum absolute atomic E-state index is 0.0779. The quantitative estimate of drug-likeness (QED) is 0.507. The Bertz CT molecular complexity index is 1080. The second-order valence-corrected chi connectivity index (χ2v) is 10.8. The van der Waals surface area contributed by atoms with Crippen LogP contribution >= 0.6 is 22.7 Å². The van der Waals surface area contributed by atoms with E-state index >= 15 is 0 Å². The molecule has 1 saturated heterocycles. The van der Waals surface area contributed by atoms with Crippen molar-refractivity contribution in [2.24, 2.45) is 0 Å². The van der Waals surface area contributed by atoms with Crippen molar-refractivity contribution in [1.29, 1.82) is 0 Å². The maximum atomic E-state index is 13.2. The molecule has 4 amide bonds. The fourth-order valence-electron chi connectivity index (χ4n) is 5.05. The van der Waals surface area contributed by atoms with Crippen molar-refractivity contribution in [3.8, 4) is 0 Å². The molecule has 0 unspecified atom stereocenters. The minimum Gasteiger partial charge on any atom is -0.323 e. The fourth-order valence-corrected chi connectivity index (χ4v) is 7.02. The standard InChI is InChI=1S/C23H25N3O4S2/c27-17(13-26-21(29)23(25-22(26)30)10-4-1-5-11-23)24-20-18(19(28)16-9-6-12-31-16)14-7-2-3-8-15(14)32-20/h6,9,12H,1-5,7-8,10-11,13H2,(H,24,27)(H,25,30). The molecule has 3 heterocycles. The first-order valence-electron chi connectivity index (χ1n) is 11.2. The van der Waals surface area contributed by atoms with E-state index in [-0.39, 0.29) is 18.2 Å². The van der Waals surface area contributed by atoms with Gasteiger partial charge in [-0.15, -0.1) is 22.7 Å². The van der Waals surface area contributed by atoms with Gasteiger partial charge in [-0.1, -0.05) is 25.3 Å². The number of urea groups is 1. The van der Waals surface area contributed by atoms with Gasteiger partial charge >= 0.3 is 6.03 Å². The number of aryl methyl sites for hydroxylation is 1. The number of amides is 4. The van der Waals surface area contributed by atoms with E-state index in [2.05, 4.69) is 10.6 Å². The molecule has 1 spiro atoms. The SMILES string of the molecule is O=C(CN1C(=O)NC2(CCCCC2)C1=O)Nc1sc2c(c1C(=O)c1cccs1)CCCC2. The first kappa shape index (κ1) is 21.3. The lowest BCUT2D eigenvalue weighted by Crippen LogP contribution is -2.48. The van der Waals surface area contributed by atoms with Crippen LogP contribution in [0.5, 0.6) is 0 Å². The number of imide groups is 1. The maximum absolute atomic E-state index is 13.2. The predicted octanol–water partition coefficient (Wildman–Crippen LogP) is 4.11. The molecule has 2 fully saturated rings. The second kappa shape index (κ2) is 8.44. The molecule has 5 rings (SSSR count). The van der Waals surface area contributed by atoms with Gasteiger partial charge < -0.3 is 10.6 Å². The lowest BCUT2D eigenvalue weighted by Gasteiger charge is -2.30. The highest BCUT2D eigenvalue weighted by molar-refractivity contribution is 7.17. The van der Waals surface area contributed by atoms with Gasteiger partial charge in [0.2, 0.25) is 11.7 Å². The number of fused-ring (bicyclic) bond motifs is 1. The van der Waals surface area contributed by atoms with E-state index in [0.29, 0.717) is 28.3 Å². The molecule has 2 N–H and O–H groups in total. The van der Waals surface area contributed by atoms with Crippen molar-refractivity contribution < 1.29 is 19.2 Å². The third-order valence-electron chi connectivity index (χ3n) is 6.65. The van der Waals surface area contributed by atoms with Crippen LogP contribution in [0.2, 0.25) is 0 Å². The maximum Gasteiger partial charge on any atom is 0.325 e. The molecule has 9 heteroatoms. The van der Waals surface area contributed by atoms with Gasteiger partial charge in [-0.3, -0.25) is 19.3 Å². The molecule has 0 bridgehead atoms. The molecular formula is C23H25N3O4S2. The summed E-state index contributed by atoms with van der Waals surface area (Å²) in [5.74, 6) is -0.844. The molecule has 2 aromatic heterocycles. The van der Waals surface area contributed by atoms with Crippen LogP contribution in [0.1, 0.15) is 70.6 Å². The Labute approximate surface area is 194 Å². The van der Waals surface area contributed by atoms with E-state index in [0.717, 1.165) is 60.3 Å². The van der Waals surface area contributed by atoms with Crippen LogP contribution in [0.25, 0.3) is 0 Å². The molecule has 0 aromatic carbocycles. The predicted molar refractivity (Wildman–Crippen MR) is 123 cm³/mol. The fraction of sp³-hybridized carbons (Fsp3) is 0.478. The Morgan fingerprint density at radius 1 is 1.09 bits per heavy atom. The number of anilines is 1. The number of carbonyl (C=O) groups is 4. The van der Waals surface area contributed by atoms with Crippen molar-refractivity contribution >= 4 is 51.3 Å². The second-order valence-electron chi connectivity index (χ2n) is 8.73. The monoisotopic (exact) mass is 471 g/mol. The summed E-state index contributed by atoms with van der Waals surface area (Å²) in [4.78, 5) is 54.4. The summed E-state index contributed by atoms with van der Waals surface area (Å²) in [6.45, 7) is -0.346. The zero-order valence-corrected chi connectivity index (χ0v) is 19.3. The van der Waals surface area contributed by atoms with Crippen LogP contribution in [0, 0.1) is 0 Å². The highest BCUT2D eigenvalue weighted by Gasteiger charge is 2.51. The van der Waals surface area contributed by atoms with Gasteiger partial charge in [-0.05, 0) is 55.5 Å². The molecule has 32 heavy (non-hydrogen) atoms. The topological polar surface area (TPSA) is 95.6 Å². The van der Waals surface area contributed by atoms with Gasteiger partial charge in [-0.25, -0.2) is 4.79 Å². The molecule has 7 nitrogen and oxygen atoms in total. The van der Waals surface area contributed by atoms with Gasteiger partial charge in [0.1, 0.15) is 17.1 Å².